The fourth-order valence-electron chi connectivity index (χ4n) is 4.27. The van der Waals surface area contributed by atoms with Gasteiger partial charge in [0, 0.05) is 45.9 Å². The van der Waals surface area contributed by atoms with Crippen LogP contribution < -0.4 is 4.74 Å². The van der Waals surface area contributed by atoms with Gasteiger partial charge in [0.2, 0.25) is 0 Å². The van der Waals surface area contributed by atoms with Crippen LogP contribution in [-0.2, 0) is 4.74 Å². The van der Waals surface area contributed by atoms with Gasteiger partial charge in [0.25, 0.3) is 0 Å². The summed E-state index contributed by atoms with van der Waals surface area (Å²) in [4.78, 5) is 5.15. The molecule has 3 rings (SSSR count). The number of hydrogen-bond donors (Lipinski definition) is 0. The molecule has 0 radical (unpaired) electrons. The van der Waals surface area contributed by atoms with Crippen LogP contribution in [0.1, 0.15) is 18.0 Å². The van der Waals surface area contributed by atoms with Gasteiger partial charge in [0.1, 0.15) is 5.75 Å². The van der Waals surface area contributed by atoms with Gasteiger partial charge in [-0.15, -0.1) is 24.8 Å². The van der Waals surface area contributed by atoms with Gasteiger partial charge in [0.15, 0.2) is 0 Å². The van der Waals surface area contributed by atoms with Crippen LogP contribution in [-0.4, -0.2) is 63.9 Å². The first-order chi connectivity index (χ1) is 10.7. The molecule has 3 atom stereocenters. The van der Waals surface area contributed by atoms with Crippen molar-refractivity contribution in [2.45, 2.75) is 12.5 Å². The monoisotopic (exact) mass is 376 g/mol. The Bertz CT molecular complexity index is 486. The summed E-state index contributed by atoms with van der Waals surface area (Å²) in [6, 6.07) is 9.18. The van der Waals surface area contributed by atoms with E-state index in [-0.39, 0.29) is 24.8 Å². The Morgan fingerprint density at radius 3 is 2.38 bits per heavy atom. The second-order valence-corrected chi connectivity index (χ2v) is 6.69. The van der Waals surface area contributed by atoms with E-state index in [1.165, 1.54) is 31.7 Å². The normalized spacial score (nSPS) is 26.5. The van der Waals surface area contributed by atoms with Gasteiger partial charge in [-0.05, 0) is 43.0 Å². The first kappa shape index (κ1) is 21.5. The van der Waals surface area contributed by atoms with Crippen LogP contribution >= 0.6 is 24.8 Å². The van der Waals surface area contributed by atoms with E-state index < -0.39 is 0 Å². The lowest BCUT2D eigenvalue weighted by atomic mass is 9.89. The second-order valence-electron chi connectivity index (χ2n) is 6.69. The SMILES string of the molecule is COCCCN1C[C@@H]2CN(C)[C@H](c3ccc(OC)cc3)[C@@H]2C1.Cl.Cl. The van der Waals surface area contributed by atoms with Crippen LogP contribution in [0, 0.1) is 11.8 Å². The number of likely N-dealkylation sites (tertiary alicyclic amines) is 2. The summed E-state index contributed by atoms with van der Waals surface area (Å²) in [5.74, 6) is 2.49. The lowest BCUT2D eigenvalue weighted by Gasteiger charge is -2.27. The fraction of sp³-hybridized carbons (Fsp3) is 0.667. The summed E-state index contributed by atoms with van der Waals surface area (Å²) in [6.45, 7) is 5.70. The Balaban J connectivity index is 0.00000144. The Morgan fingerprint density at radius 1 is 1.04 bits per heavy atom. The summed E-state index contributed by atoms with van der Waals surface area (Å²) in [7, 11) is 5.78. The molecule has 0 amide bonds. The molecule has 4 nitrogen and oxygen atoms in total. The number of halogens is 2. The predicted molar refractivity (Wildman–Crippen MR) is 103 cm³/mol. The molecule has 0 unspecified atom stereocenters. The minimum atomic E-state index is 0. The summed E-state index contributed by atoms with van der Waals surface area (Å²) in [5, 5.41) is 0. The van der Waals surface area contributed by atoms with Crippen LogP contribution in [0.3, 0.4) is 0 Å². The summed E-state index contributed by atoms with van der Waals surface area (Å²) >= 11 is 0. The van der Waals surface area contributed by atoms with E-state index in [1.807, 2.05) is 0 Å². The molecule has 1 aromatic carbocycles. The number of nitrogens with zero attached hydrogens (tertiary/aromatic N) is 2. The molecule has 0 spiro atoms. The molecule has 0 aliphatic carbocycles. The Morgan fingerprint density at radius 2 is 1.75 bits per heavy atom. The average Bonchev–Trinajstić information content (AvgIpc) is 3.04. The third kappa shape index (κ3) is 4.55. The van der Waals surface area contributed by atoms with Crippen LogP contribution in [0.15, 0.2) is 24.3 Å². The maximum Gasteiger partial charge on any atom is 0.118 e. The van der Waals surface area contributed by atoms with Crippen molar-refractivity contribution in [2.75, 3.05) is 54.1 Å². The van der Waals surface area contributed by atoms with Gasteiger partial charge in [-0.2, -0.15) is 0 Å². The third-order valence-corrected chi connectivity index (χ3v) is 5.25. The minimum Gasteiger partial charge on any atom is -0.497 e. The van der Waals surface area contributed by atoms with Gasteiger partial charge < -0.3 is 14.4 Å². The van der Waals surface area contributed by atoms with Crippen LogP contribution in [0.25, 0.3) is 0 Å². The summed E-state index contributed by atoms with van der Waals surface area (Å²) in [6.07, 6.45) is 1.14. The highest BCUT2D eigenvalue weighted by Crippen LogP contribution is 2.44. The molecule has 1 aromatic rings. The van der Waals surface area contributed by atoms with E-state index in [9.17, 15) is 0 Å². The topological polar surface area (TPSA) is 24.9 Å². The van der Waals surface area contributed by atoms with E-state index in [0.717, 1.165) is 30.6 Å². The molecular weight excluding hydrogens is 347 g/mol. The van der Waals surface area contributed by atoms with Gasteiger partial charge in [-0.25, -0.2) is 0 Å². The van der Waals surface area contributed by atoms with E-state index in [0.29, 0.717) is 6.04 Å². The maximum absolute atomic E-state index is 5.28. The number of fused-ring (bicyclic) bond motifs is 1. The van der Waals surface area contributed by atoms with Gasteiger partial charge in [-0.1, -0.05) is 12.1 Å². The number of hydrogen-bond acceptors (Lipinski definition) is 4. The lowest BCUT2D eigenvalue weighted by Crippen LogP contribution is -2.30. The molecule has 24 heavy (non-hydrogen) atoms. The largest absolute Gasteiger partial charge is 0.497 e. The smallest absolute Gasteiger partial charge is 0.118 e. The molecule has 2 aliphatic heterocycles. The van der Waals surface area contributed by atoms with Crippen molar-refractivity contribution in [2.24, 2.45) is 11.8 Å². The highest BCUT2D eigenvalue weighted by Gasteiger charge is 2.45. The number of rotatable bonds is 6. The summed E-state index contributed by atoms with van der Waals surface area (Å²) < 4.78 is 10.5. The number of methoxy groups -OCH3 is 2. The van der Waals surface area contributed by atoms with Crippen molar-refractivity contribution in [3.8, 4) is 5.75 Å². The first-order valence-electron chi connectivity index (χ1n) is 8.28. The van der Waals surface area contributed by atoms with Gasteiger partial charge in [0.05, 0.1) is 7.11 Å². The van der Waals surface area contributed by atoms with Crippen LogP contribution in [0.2, 0.25) is 0 Å². The van der Waals surface area contributed by atoms with Gasteiger partial charge in [-0.3, -0.25) is 4.90 Å². The number of benzene rings is 1. The molecule has 2 fully saturated rings. The molecule has 138 valence electrons. The van der Waals surface area contributed by atoms with E-state index in [1.54, 1.807) is 14.2 Å². The molecular formula is C18H30Cl2N2O2. The molecule has 0 aromatic heterocycles. The van der Waals surface area contributed by atoms with Crippen molar-refractivity contribution in [1.29, 1.82) is 0 Å². The zero-order chi connectivity index (χ0) is 15.5. The Labute approximate surface area is 158 Å². The molecule has 6 heteroatoms. The molecule has 0 N–H and O–H groups in total. The zero-order valence-electron chi connectivity index (χ0n) is 14.8. The van der Waals surface area contributed by atoms with Crippen molar-refractivity contribution in [3.05, 3.63) is 29.8 Å². The average molecular weight is 377 g/mol. The third-order valence-electron chi connectivity index (χ3n) is 5.25. The maximum atomic E-state index is 5.28. The number of ether oxygens (including phenoxy) is 2. The van der Waals surface area contributed by atoms with Crippen LogP contribution in [0.5, 0.6) is 5.75 Å². The Hall–Kier alpha value is -0.520. The zero-order valence-corrected chi connectivity index (χ0v) is 16.4. The fourth-order valence-corrected chi connectivity index (χ4v) is 4.27. The molecule has 2 saturated heterocycles. The predicted octanol–water partition coefficient (Wildman–Crippen LogP) is 3.11. The van der Waals surface area contributed by atoms with Crippen LogP contribution in [0.4, 0.5) is 0 Å². The van der Waals surface area contributed by atoms with Crippen molar-refractivity contribution >= 4 is 24.8 Å². The van der Waals surface area contributed by atoms with Crippen molar-refractivity contribution in [1.82, 2.24) is 9.80 Å². The van der Waals surface area contributed by atoms with E-state index >= 15 is 0 Å². The molecule has 2 heterocycles. The van der Waals surface area contributed by atoms with Gasteiger partial charge >= 0.3 is 0 Å². The highest BCUT2D eigenvalue weighted by atomic mass is 35.5. The molecule has 0 bridgehead atoms. The van der Waals surface area contributed by atoms with E-state index in [4.69, 9.17) is 9.47 Å². The van der Waals surface area contributed by atoms with Crippen molar-refractivity contribution in [3.63, 3.8) is 0 Å². The summed E-state index contributed by atoms with van der Waals surface area (Å²) in [5.41, 5.74) is 1.43. The Kier molecular flexibility index (Phi) is 8.82. The van der Waals surface area contributed by atoms with E-state index in [2.05, 4.69) is 41.1 Å². The van der Waals surface area contributed by atoms with Crippen molar-refractivity contribution < 1.29 is 9.47 Å². The quantitative estimate of drug-likeness (QED) is 0.712. The minimum absolute atomic E-state index is 0. The standard InChI is InChI=1S/C18H28N2O2.2ClH/c1-19-11-15-12-20(9-4-10-21-2)13-17(15)18(19)14-5-7-16(22-3)8-6-14;;/h5-8,15,17-18H,4,9-13H2,1-3H3;2*1H/t15-,17+,18+;;/m0../s1. The molecule has 0 saturated carbocycles. The first-order valence-corrected chi connectivity index (χ1v) is 8.28. The lowest BCUT2D eigenvalue weighted by molar-refractivity contribution is 0.171. The molecule has 2 aliphatic rings. The second kappa shape index (κ2) is 9.83. The highest BCUT2D eigenvalue weighted by molar-refractivity contribution is 5.85.